The number of halogens is 3. The Morgan fingerprint density at radius 3 is 2.06 bits per heavy atom. The first-order chi connectivity index (χ1) is 6.92. The van der Waals surface area contributed by atoms with E-state index in [0.717, 1.165) is 0 Å². The summed E-state index contributed by atoms with van der Waals surface area (Å²) in [5.41, 5.74) is 0.523. The van der Waals surface area contributed by atoms with Gasteiger partial charge in [0.15, 0.2) is 0 Å². The van der Waals surface area contributed by atoms with Gasteiger partial charge in [0.1, 0.15) is 5.75 Å². The van der Waals surface area contributed by atoms with Gasteiger partial charge in [0.05, 0.1) is 7.11 Å². The van der Waals surface area contributed by atoms with Crippen LogP contribution in [0.15, 0.2) is 24.3 Å². The van der Waals surface area contributed by atoms with Gasteiger partial charge in [-0.3, -0.25) is 0 Å². The number of benzene rings is 1. The molecule has 0 aliphatic rings. The van der Waals surface area contributed by atoms with Crippen molar-refractivity contribution in [1.82, 2.24) is 0 Å². The normalized spacial score (nSPS) is 10.6. The van der Waals surface area contributed by atoms with Crippen LogP contribution >= 0.6 is 0 Å². The van der Waals surface area contributed by atoms with Crippen molar-refractivity contribution < 1.29 is 69.1 Å². The number of methoxy groups -OCH3 is 1. The molecule has 0 saturated carbocycles. The minimum absolute atomic E-state index is 0. The summed E-state index contributed by atoms with van der Waals surface area (Å²) in [6.45, 7) is -4.79. The van der Waals surface area contributed by atoms with Crippen LogP contribution in [0.3, 0.4) is 0 Å². The molecule has 0 aliphatic carbocycles. The third kappa shape index (κ3) is 5.58. The van der Waals surface area contributed by atoms with Crippen LogP contribution in [0, 0.1) is 0 Å². The molecule has 0 atom stereocenters. The molecule has 0 spiro atoms. The molecular formula is C9H12BF3KNO. The van der Waals surface area contributed by atoms with E-state index in [4.69, 9.17) is 4.74 Å². The van der Waals surface area contributed by atoms with Gasteiger partial charge in [-0.1, -0.05) is 0 Å². The molecule has 7 heteroatoms. The molecule has 0 unspecified atom stereocenters. The molecule has 1 aromatic rings. The maximum absolute atomic E-state index is 12.1. The Hall–Kier alpha value is 0.311. The minimum Gasteiger partial charge on any atom is -0.497 e. The zero-order valence-corrected chi connectivity index (χ0v) is 12.7. The van der Waals surface area contributed by atoms with Crippen molar-refractivity contribution in [3.05, 3.63) is 24.3 Å². The Kier molecular flexibility index (Phi) is 7.04. The molecular weight excluding hydrogens is 245 g/mol. The van der Waals surface area contributed by atoms with Gasteiger partial charge in [-0.2, -0.15) is 0 Å². The average Bonchev–Trinajstić information content (AvgIpc) is 2.15. The molecule has 0 aromatic heterocycles. The number of hydrogen-bond donors (Lipinski definition) is 0. The van der Waals surface area contributed by atoms with Crippen molar-refractivity contribution in [2.24, 2.45) is 0 Å². The van der Waals surface area contributed by atoms with E-state index in [1.165, 1.54) is 19.1 Å². The van der Waals surface area contributed by atoms with Crippen molar-refractivity contribution in [1.29, 1.82) is 0 Å². The second-order valence-corrected chi connectivity index (χ2v) is 3.29. The van der Waals surface area contributed by atoms with Gasteiger partial charge in [0.25, 0.3) is 0 Å². The standard InChI is InChI=1S/C9H12BF3NO.K/c1-14(7-10(11,12)13)8-3-5-9(15-2)6-4-8;/h3-6H,7H2,1-2H3;/q-1;+1. The van der Waals surface area contributed by atoms with Crippen LogP contribution in [0.4, 0.5) is 18.6 Å². The molecule has 0 bridgehead atoms. The summed E-state index contributed by atoms with van der Waals surface area (Å²) in [5, 5.41) is 0. The topological polar surface area (TPSA) is 12.5 Å². The van der Waals surface area contributed by atoms with Crippen LogP contribution in [0.25, 0.3) is 0 Å². The van der Waals surface area contributed by atoms with E-state index < -0.39 is 13.4 Å². The maximum Gasteiger partial charge on any atom is 1.00 e. The smallest absolute Gasteiger partial charge is 0.497 e. The van der Waals surface area contributed by atoms with Crippen LogP contribution in [0.2, 0.25) is 0 Å². The summed E-state index contributed by atoms with van der Waals surface area (Å²) in [6, 6.07) is 6.46. The quantitative estimate of drug-likeness (QED) is 0.676. The second-order valence-electron chi connectivity index (χ2n) is 3.29. The Balaban J connectivity index is 0.00000225. The van der Waals surface area contributed by atoms with E-state index in [9.17, 15) is 12.9 Å². The molecule has 1 rings (SSSR count). The summed E-state index contributed by atoms with van der Waals surface area (Å²) < 4.78 is 41.3. The number of ether oxygens (including phenoxy) is 1. The van der Waals surface area contributed by atoms with Crippen molar-refractivity contribution in [3.8, 4) is 5.75 Å². The van der Waals surface area contributed by atoms with Gasteiger partial charge < -0.3 is 22.6 Å². The third-order valence-electron chi connectivity index (χ3n) is 1.99. The van der Waals surface area contributed by atoms with E-state index >= 15 is 0 Å². The first kappa shape index (κ1) is 16.3. The largest absolute Gasteiger partial charge is 1.00 e. The molecule has 0 aliphatic heterocycles. The van der Waals surface area contributed by atoms with Crippen molar-refractivity contribution in [2.45, 2.75) is 0 Å². The number of rotatable bonds is 4. The molecule has 0 heterocycles. The van der Waals surface area contributed by atoms with Crippen LogP contribution in [-0.4, -0.2) is 27.6 Å². The molecule has 0 N–H and O–H groups in total. The van der Waals surface area contributed by atoms with Crippen LogP contribution in [0.1, 0.15) is 0 Å². The predicted octanol–water partition coefficient (Wildman–Crippen LogP) is -0.478. The van der Waals surface area contributed by atoms with E-state index in [2.05, 4.69) is 0 Å². The fourth-order valence-corrected chi connectivity index (χ4v) is 1.25. The zero-order chi connectivity index (χ0) is 11.5. The van der Waals surface area contributed by atoms with Gasteiger partial charge >= 0.3 is 58.4 Å². The van der Waals surface area contributed by atoms with E-state index in [-0.39, 0.29) is 51.4 Å². The summed E-state index contributed by atoms with van der Waals surface area (Å²) in [6.07, 6.45) is -0.896. The number of hydrogen-bond acceptors (Lipinski definition) is 2. The molecule has 84 valence electrons. The third-order valence-corrected chi connectivity index (χ3v) is 1.99. The average molecular weight is 257 g/mol. The van der Waals surface area contributed by atoms with E-state index in [0.29, 0.717) is 11.4 Å². The first-order valence-electron chi connectivity index (χ1n) is 4.48. The fraction of sp³-hybridized carbons (Fsp3) is 0.333. The van der Waals surface area contributed by atoms with Crippen molar-refractivity contribution in [2.75, 3.05) is 25.5 Å². The Labute approximate surface area is 136 Å². The predicted molar refractivity (Wildman–Crippen MR) is 55.3 cm³/mol. The van der Waals surface area contributed by atoms with E-state index in [1.807, 2.05) is 0 Å². The van der Waals surface area contributed by atoms with Crippen molar-refractivity contribution in [3.63, 3.8) is 0 Å². The van der Waals surface area contributed by atoms with Gasteiger partial charge in [-0.05, 0) is 30.7 Å². The Morgan fingerprint density at radius 1 is 1.19 bits per heavy atom. The Bertz CT molecular complexity index is 318. The molecule has 1 aromatic carbocycles. The van der Waals surface area contributed by atoms with Gasteiger partial charge in [0, 0.05) is 12.7 Å². The van der Waals surface area contributed by atoms with E-state index in [1.54, 1.807) is 24.3 Å². The van der Waals surface area contributed by atoms with Gasteiger partial charge in [0.2, 0.25) is 0 Å². The fourth-order valence-electron chi connectivity index (χ4n) is 1.25. The summed E-state index contributed by atoms with van der Waals surface area (Å²) in [5.74, 6) is 0.629. The van der Waals surface area contributed by atoms with Crippen LogP contribution < -0.4 is 61.0 Å². The summed E-state index contributed by atoms with van der Waals surface area (Å²) in [7, 11) is 2.93. The number of nitrogens with zero attached hydrogens (tertiary/aromatic N) is 1. The van der Waals surface area contributed by atoms with Gasteiger partial charge in [-0.15, -0.1) is 0 Å². The van der Waals surface area contributed by atoms with Crippen LogP contribution in [0.5, 0.6) is 5.75 Å². The number of anilines is 1. The van der Waals surface area contributed by atoms with Gasteiger partial charge in [-0.25, -0.2) is 0 Å². The van der Waals surface area contributed by atoms with Crippen molar-refractivity contribution >= 4 is 12.7 Å². The second kappa shape index (κ2) is 6.90. The molecule has 0 saturated heterocycles. The monoisotopic (exact) mass is 257 g/mol. The molecule has 16 heavy (non-hydrogen) atoms. The Morgan fingerprint density at radius 2 is 1.69 bits per heavy atom. The molecule has 0 fully saturated rings. The summed E-state index contributed by atoms with van der Waals surface area (Å²) in [4.78, 5) is 1.17. The molecule has 0 amide bonds. The molecule has 0 radical (unpaired) electrons. The maximum atomic E-state index is 12.1. The molecule has 2 nitrogen and oxygen atoms in total. The SMILES string of the molecule is COc1ccc(N(C)C[B-](F)(F)F)cc1.[K+]. The first-order valence-corrected chi connectivity index (χ1v) is 4.48. The minimum atomic E-state index is -4.79. The van der Waals surface area contributed by atoms with Crippen LogP contribution in [-0.2, 0) is 0 Å². The zero-order valence-electron chi connectivity index (χ0n) is 9.58. The summed E-state index contributed by atoms with van der Waals surface area (Å²) >= 11 is 0.